The molecule has 0 unspecified atom stereocenters. The van der Waals surface area contributed by atoms with E-state index in [1.807, 2.05) is 32.0 Å². The number of thioether (sulfide) groups is 1. The first-order valence-corrected chi connectivity index (χ1v) is 10.8. The molecular weight excluding hydrogens is 388 g/mol. The lowest BCUT2D eigenvalue weighted by Gasteiger charge is -2.13. The Labute approximate surface area is 175 Å². The summed E-state index contributed by atoms with van der Waals surface area (Å²) in [5.74, 6) is 1.74. The Morgan fingerprint density at radius 3 is 2.50 bits per heavy atom. The molecule has 2 N–H and O–H groups in total. The average molecular weight is 415 g/mol. The molecule has 3 rings (SSSR count). The van der Waals surface area contributed by atoms with Crippen molar-refractivity contribution in [2.45, 2.75) is 58.1 Å². The Hall–Kier alpha value is -2.19. The molecule has 0 saturated carbocycles. The maximum absolute atomic E-state index is 5.34. The Kier molecular flexibility index (Phi) is 6.51. The molecule has 2 heterocycles. The monoisotopic (exact) mass is 414 g/mol. The van der Waals surface area contributed by atoms with Crippen molar-refractivity contribution in [1.82, 2.24) is 24.8 Å². The largest absolute Gasteiger partial charge is 0.360 e. The number of anilines is 1. The van der Waals surface area contributed by atoms with Crippen LogP contribution in [-0.2, 0) is 12.3 Å². The molecule has 0 aliphatic heterocycles. The summed E-state index contributed by atoms with van der Waals surface area (Å²) in [6.07, 6.45) is 0. The van der Waals surface area contributed by atoms with Gasteiger partial charge in [-0.15, -0.1) is 0 Å². The number of nitrogens with zero attached hydrogens (tertiary/aromatic N) is 4. The summed E-state index contributed by atoms with van der Waals surface area (Å²) in [6, 6.07) is 8.44. The Morgan fingerprint density at radius 2 is 1.86 bits per heavy atom. The highest BCUT2D eigenvalue weighted by Gasteiger charge is 2.12. The van der Waals surface area contributed by atoms with Crippen molar-refractivity contribution >= 4 is 45.8 Å². The normalized spacial score (nSPS) is 11.2. The van der Waals surface area contributed by atoms with E-state index in [-0.39, 0.29) is 0 Å². The first kappa shape index (κ1) is 20.5. The predicted octanol–water partition coefficient (Wildman–Crippen LogP) is 4.45. The van der Waals surface area contributed by atoms with Gasteiger partial charge in [0.2, 0.25) is 0 Å². The van der Waals surface area contributed by atoms with Crippen LogP contribution in [0, 0.1) is 13.8 Å². The van der Waals surface area contributed by atoms with E-state index in [0.717, 1.165) is 51.4 Å². The lowest BCUT2D eigenvalue weighted by molar-refractivity contribution is 0.739. The second-order valence-electron chi connectivity index (χ2n) is 6.95. The standard InChI is InChI=1S/C20H26N6S2/c1-6-26-17-8-7-15(24-19(27)21-12(2)3)10-16(17)25-18(26)11-28-20-22-13(4)9-14(5)23-20/h7-10,12H,6,11H2,1-5H3,(H2,21,24,27). The van der Waals surface area contributed by atoms with Crippen molar-refractivity contribution in [1.29, 1.82) is 0 Å². The van der Waals surface area contributed by atoms with E-state index in [0.29, 0.717) is 11.2 Å². The van der Waals surface area contributed by atoms with Gasteiger partial charge in [0.05, 0.1) is 16.8 Å². The summed E-state index contributed by atoms with van der Waals surface area (Å²) in [6.45, 7) is 11.1. The van der Waals surface area contributed by atoms with Crippen LogP contribution in [0.25, 0.3) is 11.0 Å². The smallest absolute Gasteiger partial charge is 0.188 e. The Balaban J connectivity index is 1.81. The molecule has 148 valence electrons. The van der Waals surface area contributed by atoms with Crippen LogP contribution in [0.15, 0.2) is 29.4 Å². The summed E-state index contributed by atoms with van der Waals surface area (Å²) in [7, 11) is 0. The molecule has 0 atom stereocenters. The minimum Gasteiger partial charge on any atom is -0.360 e. The Bertz CT molecular complexity index is 976. The van der Waals surface area contributed by atoms with Crippen molar-refractivity contribution in [2.24, 2.45) is 0 Å². The molecule has 0 amide bonds. The lowest BCUT2D eigenvalue weighted by Crippen LogP contribution is -2.33. The van der Waals surface area contributed by atoms with Gasteiger partial charge < -0.3 is 15.2 Å². The fraction of sp³-hybridized carbons (Fsp3) is 0.400. The highest BCUT2D eigenvalue weighted by Crippen LogP contribution is 2.25. The van der Waals surface area contributed by atoms with Crippen LogP contribution in [-0.4, -0.2) is 30.7 Å². The van der Waals surface area contributed by atoms with Gasteiger partial charge in [-0.25, -0.2) is 15.0 Å². The van der Waals surface area contributed by atoms with Crippen molar-refractivity contribution in [2.75, 3.05) is 5.32 Å². The van der Waals surface area contributed by atoms with Crippen LogP contribution in [0.5, 0.6) is 0 Å². The number of rotatable bonds is 6. The molecule has 0 spiro atoms. The number of benzene rings is 1. The number of thiocarbonyl (C=S) groups is 1. The quantitative estimate of drug-likeness (QED) is 0.351. The second-order valence-corrected chi connectivity index (χ2v) is 8.30. The molecule has 8 heteroatoms. The molecule has 0 radical (unpaired) electrons. The highest BCUT2D eigenvalue weighted by molar-refractivity contribution is 7.98. The van der Waals surface area contributed by atoms with Crippen LogP contribution in [0.4, 0.5) is 5.69 Å². The zero-order valence-electron chi connectivity index (χ0n) is 16.9. The number of imidazole rings is 1. The van der Waals surface area contributed by atoms with Gasteiger partial charge >= 0.3 is 0 Å². The van der Waals surface area contributed by atoms with Gasteiger partial charge in [-0.3, -0.25) is 0 Å². The number of aromatic nitrogens is 4. The highest BCUT2D eigenvalue weighted by atomic mass is 32.2. The molecule has 3 aromatic rings. The molecule has 0 fully saturated rings. The third-order valence-corrected chi connectivity index (χ3v) is 5.18. The fourth-order valence-electron chi connectivity index (χ4n) is 3.04. The van der Waals surface area contributed by atoms with Crippen LogP contribution < -0.4 is 10.6 Å². The number of hydrogen-bond donors (Lipinski definition) is 2. The van der Waals surface area contributed by atoms with Crippen molar-refractivity contribution in [3.8, 4) is 0 Å². The molecule has 0 bridgehead atoms. The Morgan fingerprint density at radius 1 is 1.14 bits per heavy atom. The fourth-order valence-corrected chi connectivity index (χ4v) is 4.29. The SMILES string of the molecule is CCn1c(CSc2nc(C)cc(C)n2)nc2cc(NC(=S)NC(C)C)ccc21. The van der Waals surface area contributed by atoms with Gasteiger partial charge in [0.15, 0.2) is 10.3 Å². The zero-order valence-corrected chi connectivity index (χ0v) is 18.5. The lowest BCUT2D eigenvalue weighted by atomic mass is 10.2. The minimum absolute atomic E-state index is 0.291. The van der Waals surface area contributed by atoms with E-state index in [2.05, 4.69) is 52.0 Å². The van der Waals surface area contributed by atoms with Gasteiger partial charge in [-0.1, -0.05) is 11.8 Å². The molecule has 1 aromatic carbocycles. The first-order valence-electron chi connectivity index (χ1n) is 9.37. The van der Waals surface area contributed by atoms with E-state index < -0.39 is 0 Å². The first-order chi connectivity index (χ1) is 13.4. The number of fused-ring (bicyclic) bond motifs is 1. The third kappa shape index (κ3) is 4.99. The van der Waals surface area contributed by atoms with E-state index in [1.54, 1.807) is 11.8 Å². The third-order valence-electron chi connectivity index (χ3n) is 4.11. The minimum atomic E-state index is 0.291. The maximum Gasteiger partial charge on any atom is 0.188 e. The summed E-state index contributed by atoms with van der Waals surface area (Å²) < 4.78 is 2.24. The predicted molar refractivity (Wildman–Crippen MR) is 121 cm³/mol. The summed E-state index contributed by atoms with van der Waals surface area (Å²) >= 11 is 6.96. The van der Waals surface area contributed by atoms with Crippen LogP contribution in [0.2, 0.25) is 0 Å². The van der Waals surface area contributed by atoms with Gasteiger partial charge in [-0.05, 0) is 71.1 Å². The number of nitrogens with one attached hydrogen (secondary N) is 2. The van der Waals surface area contributed by atoms with Crippen molar-refractivity contribution in [3.63, 3.8) is 0 Å². The maximum atomic E-state index is 5.34. The molecule has 0 aliphatic rings. The molecule has 28 heavy (non-hydrogen) atoms. The summed E-state index contributed by atoms with van der Waals surface area (Å²) in [5.41, 5.74) is 4.98. The number of aryl methyl sites for hydroxylation is 3. The average Bonchev–Trinajstić information content (AvgIpc) is 2.95. The molecule has 6 nitrogen and oxygen atoms in total. The number of hydrogen-bond acceptors (Lipinski definition) is 5. The second kappa shape index (κ2) is 8.87. The molecule has 0 saturated heterocycles. The van der Waals surface area contributed by atoms with Crippen molar-refractivity contribution < 1.29 is 0 Å². The summed E-state index contributed by atoms with van der Waals surface area (Å²) in [5, 5.41) is 7.83. The topological polar surface area (TPSA) is 67.7 Å². The summed E-state index contributed by atoms with van der Waals surface area (Å²) in [4.78, 5) is 13.9. The van der Waals surface area contributed by atoms with Crippen LogP contribution in [0.3, 0.4) is 0 Å². The van der Waals surface area contributed by atoms with Crippen LogP contribution in [0.1, 0.15) is 38.0 Å². The molecule has 2 aromatic heterocycles. The van der Waals surface area contributed by atoms with Gasteiger partial charge in [0.25, 0.3) is 0 Å². The van der Waals surface area contributed by atoms with Crippen LogP contribution >= 0.6 is 24.0 Å². The molecule has 0 aliphatic carbocycles. The zero-order chi connectivity index (χ0) is 20.3. The van der Waals surface area contributed by atoms with E-state index in [4.69, 9.17) is 17.2 Å². The van der Waals surface area contributed by atoms with E-state index >= 15 is 0 Å². The van der Waals surface area contributed by atoms with Crippen molar-refractivity contribution in [3.05, 3.63) is 41.5 Å². The molecular formula is C20H26N6S2. The van der Waals surface area contributed by atoms with Gasteiger partial charge in [-0.2, -0.15) is 0 Å². The van der Waals surface area contributed by atoms with E-state index in [9.17, 15) is 0 Å². The van der Waals surface area contributed by atoms with Gasteiger partial charge in [0.1, 0.15) is 5.82 Å². The van der Waals surface area contributed by atoms with Gasteiger partial charge in [0, 0.05) is 29.7 Å². The van der Waals surface area contributed by atoms with E-state index in [1.165, 1.54) is 0 Å².